The highest BCUT2D eigenvalue weighted by Gasteiger charge is 2.54. The first kappa shape index (κ1) is 27.4. The molecule has 3 atom stereocenters. The van der Waals surface area contributed by atoms with E-state index in [0.717, 1.165) is 22.0 Å². The van der Waals surface area contributed by atoms with Crippen LogP contribution in [0.1, 0.15) is 24.5 Å². The van der Waals surface area contributed by atoms with Crippen LogP contribution in [0.4, 0.5) is 4.79 Å². The molecule has 0 aliphatic carbocycles. The van der Waals surface area contributed by atoms with Gasteiger partial charge < -0.3 is 20.9 Å². The van der Waals surface area contributed by atoms with E-state index in [2.05, 4.69) is 10.3 Å². The largest absolute Gasteiger partial charge is 0.370 e. The summed E-state index contributed by atoms with van der Waals surface area (Å²) in [5.74, 6) is -1.49. The first-order valence-corrected chi connectivity index (χ1v) is 13.3. The highest BCUT2D eigenvalue weighted by molar-refractivity contribution is 6.30. The molecule has 0 unspecified atom stereocenters. The number of halogens is 1. The van der Waals surface area contributed by atoms with Crippen LogP contribution in [0.2, 0.25) is 5.02 Å². The lowest BCUT2D eigenvalue weighted by molar-refractivity contribution is -0.196. The number of primary amides is 1. The van der Waals surface area contributed by atoms with Crippen LogP contribution in [0.5, 0.6) is 0 Å². The molecule has 2 fully saturated rings. The highest BCUT2D eigenvalue weighted by Crippen LogP contribution is 2.33. The Morgan fingerprint density at radius 1 is 1.10 bits per heavy atom. The summed E-state index contributed by atoms with van der Waals surface area (Å²) >= 11 is 5.98. The number of carbonyl (C=O) groups excluding carboxylic acids is 4. The van der Waals surface area contributed by atoms with E-state index >= 15 is 0 Å². The maximum absolute atomic E-state index is 13.9. The van der Waals surface area contributed by atoms with Crippen LogP contribution in [0, 0.1) is 0 Å². The normalized spacial score (nSPS) is 21.5. The molecule has 2 aliphatic heterocycles. The zero-order valence-electron chi connectivity index (χ0n) is 22.2. The molecular weight excluding hydrogens is 534 g/mol. The maximum Gasteiger partial charge on any atom is 0.334 e. The van der Waals surface area contributed by atoms with Crippen molar-refractivity contribution in [3.8, 4) is 0 Å². The van der Waals surface area contributed by atoms with Crippen LogP contribution in [0.25, 0.3) is 10.9 Å². The number of carbonyl (C=O) groups is 4. The fraction of sp³-hybridized carbons (Fsp3) is 0.321. The smallest absolute Gasteiger partial charge is 0.334 e. The Hall–Kier alpha value is -4.22. The SMILES string of the molecule is C[C@H]1[C@H]2N(C(=O)CN(C)N2C(=O)NCc2ccc(Cl)cc2)[C@@H](CC(N)=O)C(=O)N1Cc1cccc2cccnc12. The number of para-hydroxylation sites is 1. The van der Waals surface area contributed by atoms with Gasteiger partial charge in [0, 0.05) is 36.7 Å². The zero-order chi connectivity index (χ0) is 28.6. The van der Waals surface area contributed by atoms with E-state index in [1.54, 1.807) is 37.2 Å². The van der Waals surface area contributed by atoms with Crippen molar-refractivity contribution in [2.24, 2.45) is 5.73 Å². The average Bonchev–Trinajstić information content (AvgIpc) is 2.92. The summed E-state index contributed by atoms with van der Waals surface area (Å²) in [6, 6.07) is 14.4. The van der Waals surface area contributed by atoms with Crippen LogP contribution < -0.4 is 11.1 Å². The summed E-state index contributed by atoms with van der Waals surface area (Å²) in [5, 5.41) is 7.38. The number of urea groups is 1. The third kappa shape index (κ3) is 5.17. The van der Waals surface area contributed by atoms with Crippen molar-refractivity contribution in [1.82, 2.24) is 30.1 Å². The number of nitrogens with two attached hydrogens (primary N) is 1. The number of fused-ring (bicyclic) bond motifs is 2. The van der Waals surface area contributed by atoms with Gasteiger partial charge in [0.05, 0.1) is 24.5 Å². The maximum atomic E-state index is 13.9. The second kappa shape index (κ2) is 11.1. The minimum Gasteiger partial charge on any atom is -0.370 e. The number of amides is 5. The number of hydrazine groups is 1. The fourth-order valence-electron chi connectivity index (χ4n) is 5.50. The van der Waals surface area contributed by atoms with Crippen LogP contribution >= 0.6 is 11.6 Å². The van der Waals surface area contributed by atoms with Crippen LogP contribution in [-0.4, -0.2) is 80.4 Å². The second-order valence-corrected chi connectivity index (χ2v) is 10.5. The molecule has 3 N–H and O–H groups in total. The van der Waals surface area contributed by atoms with Gasteiger partial charge in [-0.15, -0.1) is 0 Å². The number of likely N-dealkylation sites (N-methyl/N-ethyl adjacent to an activating group) is 1. The molecule has 11 nitrogen and oxygen atoms in total. The predicted octanol–water partition coefficient (Wildman–Crippen LogP) is 2.09. The van der Waals surface area contributed by atoms with Gasteiger partial charge >= 0.3 is 6.03 Å². The molecule has 208 valence electrons. The first-order valence-electron chi connectivity index (χ1n) is 12.9. The highest BCUT2D eigenvalue weighted by atomic mass is 35.5. The van der Waals surface area contributed by atoms with E-state index < -0.39 is 36.1 Å². The summed E-state index contributed by atoms with van der Waals surface area (Å²) in [4.78, 5) is 60.3. The van der Waals surface area contributed by atoms with Crippen LogP contribution in [0.3, 0.4) is 0 Å². The lowest BCUT2D eigenvalue weighted by Gasteiger charge is -2.57. The Morgan fingerprint density at radius 3 is 2.55 bits per heavy atom. The molecule has 0 spiro atoms. The van der Waals surface area contributed by atoms with E-state index in [1.807, 2.05) is 42.5 Å². The minimum absolute atomic E-state index is 0.145. The fourth-order valence-corrected chi connectivity index (χ4v) is 5.63. The van der Waals surface area contributed by atoms with Gasteiger partial charge in [-0.05, 0) is 36.2 Å². The van der Waals surface area contributed by atoms with Gasteiger partial charge in [-0.1, -0.05) is 48.0 Å². The van der Waals surface area contributed by atoms with Gasteiger partial charge in [0.2, 0.25) is 17.7 Å². The molecule has 3 aromatic rings. The van der Waals surface area contributed by atoms with Crippen LogP contribution in [0.15, 0.2) is 60.8 Å². The number of rotatable bonds is 6. The van der Waals surface area contributed by atoms with Crippen molar-refractivity contribution >= 4 is 46.3 Å². The quantitative estimate of drug-likeness (QED) is 0.472. The molecule has 12 heteroatoms. The number of hydrogen-bond donors (Lipinski definition) is 2. The molecule has 2 aromatic carbocycles. The second-order valence-electron chi connectivity index (χ2n) is 10.0. The minimum atomic E-state index is -1.14. The average molecular weight is 564 g/mol. The third-order valence-electron chi connectivity index (χ3n) is 7.40. The number of pyridine rings is 1. The predicted molar refractivity (Wildman–Crippen MR) is 148 cm³/mol. The van der Waals surface area contributed by atoms with E-state index in [9.17, 15) is 19.2 Å². The lowest BCUT2D eigenvalue weighted by atomic mass is 9.97. The van der Waals surface area contributed by atoms with Crippen molar-refractivity contribution in [2.75, 3.05) is 13.6 Å². The van der Waals surface area contributed by atoms with E-state index in [4.69, 9.17) is 17.3 Å². The van der Waals surface area contributed by atoms with E-state index in [0.29, 0.717) is 5.02 Å². The van der Waals surface area contributed by atoms with Crippen molar-refractivity contribution in [1.29, 1.82) is 0 Å². The number of benzene rings is 2. The number of nitrogens with zero attached hydrogens (tertiary/aromatic N) is 5. The topological polar surface area (TPSA) is 132 Å². The van der Waals surface area contributed by atoms with Crippen molar-refractivity contribution < 1.29 is 19.2 Å². The Kier molecular flexibility index (Phi) is 7.59. The third-order valence-corrected chi connectivity index (χ3v) is 7.65. The molecule has 5 amide bonds. The molecule has 2 aliphatic rings. The summed E-state index contributed by atoms with van der Waals surface area (Å²) in [7, 11) is 1.64. The van der Waals surface area contributed by atoms with Gasteiger partial charge in [-0.2, -0.15) is 0 Å². The van der Waals surface area contributed by atoms with Gasteiger partial charge in [0.1, 0.15) is 12.2 Å². The summed E-state index contributed by atoms with van der Waals surface area (Å²) < 4.78 is 0. The Bertz CT molecular complexity index is 1460. The standard InChI is InChI=1S/C28H30ClN7O4/c1-17-26-35(24(38)16-33(2)36(26)28(40)32-14-18-8-10-21(29)11-9-18)22(13-23(30)37)27(39)34(17)15-20-6-3-5-19-7-4-12-31-25(19)20/h3-12,17,22,26H,13-16H2,1-2H3,(H2,30,37)(H,32,40)/t17-,22-,26-/m0/s1. The molecule has 1 aromatic heterocycles. The molecule has 3 heterocycles. The Morgan fingerprint density at radius 2 is 1.82 bits per heavy atom. The van der Waals surface area contributed by atoms with E-state index in [-0.39, 0.29) is 32.0 Å². The monoisotopic (exact) mass is 563 g/mol. The van der Waals surface area contributed by atoms with Gasteiger partial charge in [-0.3, -0.25) is 19.4 Å². The van der Waals surface area contributed by atoms with Gasteiger partial charge in [0.15, 0.2) is 0 Å². The van der Waals surface area contributed by atoms with Crippen molar-refractivity contribution in [3.05, 3.63) is 76.9 Å². The Labute approximate surface area is 236 Å². The Balaban J connectivity index is 1.49. The lowest BCUT2D eigenvalue weighted by Crippen LogP contribution is -2.78. The number of aromatic nitrogens is 1. The molecule has 0 saturated carbocycles. The van der Waals surface area contributed by atoms with Crippen molar-refractivity contribution in [3.63, 3.8) is 0 Å². The molecule has 0 bridgehead atoms. The van der Waals surface area contributed by atoms with Gasteiger partial charge in [-0.25, -0.2) is 14.8 Å². The van der Waals surface area contributed by atoms with Crippen molar-refractivity contribution in [2.45, 2.75) is 44.7 Å². The number of hydrogen-bond acceptors (Lipinski definition) is 6. The summed E-state index contributed by atoms with van der Waals surface area (Å²) in [6.45, 7) is 2.05. The molecule has 5 rings (SSSR count). The molecule has 2 saturated heterocycles. The summed E-state index contributed by atoms with van der Waals surface area (Å²) in [5.41, 5.74) is 7.92. The van der Waals surface area contributed by atoms with Crippen LogP contribution in [-0.2, 0) is 27.5 Å². The van der Waals surface area contributed by atoms with Gasteiger partial charge in [0.25, 0.3) is 0 Å². The zero-order valence-corrected chi connectivity index (χ0v) is 22.9. The molecular formula is C28H30ClN7O4. The molecule has 0 radical (unpaired) electrons. The number of piperazine rings is 1. The van der Waals surface area contributed by atoms with E-state index in [1.165, 1.54) is 14.9 Å². The first-order chi connectivity index (χ1) is 19.2. The molecule has 40 heavy (non-hydrogen) atoms. The number of nitrogens with one attached hydrogen (secondary N) is 1. The summed E-state index contributed by atoms with van der Waals surface area (Å²) in [6.07, 6.45) is 0.454.